The molecule has 0 aromatic rings. The second kappa shape index (κ2) is 6.92. The van der Waals surface area contributed by atoms with Crippen LogP contribution in [0.5, 0.6) is 0 Å². The zero-order valence-corrected chi connectivity index (χ0v) is 5.48. The Hall–Kier alpha value is -0.0800. The first kappa shape index (κ1) is 7.92. The van der Waals surface area contributed by atoms with Gasteiger partial charge in [-0.3, -0.25) is 0 Å². The molecule has 1 radical (unpaired) electrons. The van der Waals surface area contributed by atoms with E-state index in [-0.39, 0.29) is 0 Å². The number of nitrogens with two attached hydrogens (primary N) is 1. The summed E-state index contributed by atoms with van der Waals surface area (Å²) in [5, 5.41) is 3.13. The van der Waals surface area contributed by atoms with Crippen molar-refractivity contribution in [2.45, 2.75) is 19.8 Å². The summed E-state index contributed by atoms with van der Waals surface area (Å²) in [7, 11) is 0. The minimum absolute atomic E-state index is 0.782. The first-order chi connectivity index (χ1) is 3.91. The van der Waals surface area contributed by atoms with Crippen molar-refractivity contribution in [3.63, 3.8) is 0 Å². The summed E-state index contributed by atoms with van der Waals surface area (Å²) in [5.41, 5.74) is 5.26. The lowest BCUT2D eigenvalue weighted by Crippen LogP contribution is -2.14. The average molecular weight is 115 g/mol. The lowest BCUT2D eigenvalue weighted by molar-refractivity contribution is 0.707. The molecule has 0 aliphatic carbocycles. The molecule has 0 aromatic heterocycles. The molecule has 3 N–H and O–H groups in total. The lowest BCUT2D eigenvalue weighted by Gasteiger charge is -1.97. The van der Waals surface area contributed by atoms with Crippen LogP contribution < -0.4 is 11.1 Å². The zero-order chi connectivity index (χ0) is 6.24. The highest BCUT2D eigenvalue weighted by atomic mass is 14.8. The van der Waals surface area contributed by atoms with Gasteiger partial charge in [-0.1, -0.05) is 6.92 Å². The minimum Gasteiger partial charge on any atom is -0.330 e. The standard InChI is InChI=1S/C6H15N2/c1-2-5-8-6-3-4-7/h5,8H,2-4,6-7H2,1H3. The van der Waals surface area contributed by atoms with Crippen molar-refractivity contribution < 1.29 is 0 Å². The maximum absolute atomic E-state index is 5.26. The molecule has 0 spiro atoms. The summed E-state index contributed by atoms with van der Waals surface area (Å²) in [6, 6.07) is 0. The smallest absolute Gasteiger partial charge is 0.0218 e. The van der Waals surface area contributed by atoms with E-state index in [4.69, 9.17) is 5.73 Å². The van der Waals surface area contributed by atoms with Gasteiger partial charge in [0.2, 0.25) is 0 Å². The molecule has 0 aromatic carbocycles. The number of rotatable bonds is 5. The third kappa shape index (κ3) is 5.92. The fourth-order valence-electron chi connectivity index (χ4n) is 0.451. The summed E-state index contributed by atoms with van der Waals surface area (Å²) >= 11 is 0. The average Bonchev–Trinajstić information content (AvgIpc) is 1.81. The maximum Gasteiger partial charge on any atom is 0.0218 e. The van der Waals surface area contributed by atoms with Gasteiger partial charge in [-0.15, -0.1) is 0 Å². The number of hydrogen-bond donors (Lipinski definition) is 2. The van der Waals surface area contributed by atoms with Gasteiger partial charge in [0, 0.05) is 6.54 Å². The highest BCUT2D eigenvalue weighted by Gasteiger charge is 1.81. The Morgan fingerprint density at radius 1 is 1.62 bits per heavy atom. The predicted molar refractivity (Wildman–Crippen MR) is 36.3 cm³/mol. The molecule has 0 saturated carbocycles. The van der Waals surface area contributed by atoms with Crippen LogP contribution in [0.3, 0.4) is 0 Å². The Bertz CT molecular complexity index is 31.5. The highest BCUT2D eigenvalue weighted by molar-refractivity contribution is 4.57. The third-order valence-corrected chi connectivity index (χ3v) is 0.874. The van der Waals surface area contributed by atoms with Gasteiger partial charge in [0.15, 0.2) is 0 Å². The Labute approximate surface area is 51.5 Å². The minimum atomic E-state index is 0.782. The summed E-state index contributed by atoms with van der Waals surface area (Å²) in [6.07, 6.45) is 2.15. The summed E-state index contributed by atoms with van der Waals surface area (Å²) in [5.74, 6) is 0. The van der Waals surface area contributed by atoms with E-state index >= 15 is 0 Å². The molecule has 0 unspecified atom stereocenters. The molecule has 0 bridgehead atoms. The van der Waals surface area contributed by atoms with E-state index in [1.54, 1.807) is 0 Å². The third-order valence-electron chi connectivity index (χ3n) is 0.874. The van der Waals surface area contributed by atoms with Crippen molar-refractivity contribution in [3.05, 3.63) is 6.54 Å². The number of nitrogens with one attached hydrogen (secondary N) is 1. The lowest BCUT2D eigenvalue weighted by atomic mass is 10.4. The molecule has 0 heterocycles. The molecule has 49 valence electrons. The van der Waals surface area contributed by atoms with Crippen LogP contribution in [0.2, 0.25) is 0 Å². The Balaban J connectivity index is 2.53. The van der Waals surface area contributed by atoms with Crippen LogP contribution in [-0.2, 0) is 0 Å². The van der Waals surface area contributed by atoms with E-state index in [9.17, 15) is 0 Å². The van der Waals surface area contributed by atoms with Gasteiger partial charge >= 0.3 is 0 Å². The quantitative estimate of drug-likeness (QED) is 0.512. The Morgan fingerprint density at radius 3 is 2.88 bits per heavy atom. The van der Waals surface area contributed by atoms with Gasteiger partial charge in [0.1, 0.15) is 0 Å². The van der Waals surface area contributed by atoms with Gasteiger partial charge in [0.25, 0.3) is 0 Å². The summed E-state index contributed by atoms with van der Waals surface area (Å²) < 4.78 is 0. The maximum atomic E-state index is 5.26. The molecule has 0 aliphatic heterocycles. The van der Waals surface area contributed by atoms with E-state index in [0.29, 0.717) is 0 Å². The van der Waals surface area contributed by atoms with E-state index in [0.717, 1.165) is 25.9 Å². The van der Waals surface area contributed by atoms with E-state index in [1.165, 1.54) is 0 Å². The van der Waals surface area contributed by atoms with Crippen LogP contribution >= 0.6 is 0 Å². The molecule has 0 saturated heterocycles. The van der Waals surface area contributed by atoms with E-state index in [2.05, 4.69) is 18.8 Å². The molecule has 0 amide bonds. The molecular weight excluding hydrogens is 100 g/mol. The fraction of sp³-hybridized carbons (Fsp3) is 0.833. The second-order valence-corrected chi connectivity index (χ2v) is 1.71. The summed E-state index contributed by atoms with van der Waals surface area (Å²) in [6.45, 7) is 5.96. The van der Waals surface area contributed by atoms with Gasteiger partial charge in [-0.2, -0.15) is 0 Å². The normalized spacial score (nSPS) is 9.75. The van der Waals surface area contributed by atoms with Gasteiger partial charge in [0.05, 0.1) is 0 Å². The van der Waals surface area contributed by atoms with Gasteiger partial charge in [-0.25, -0.2) is 0 Å². The molecular formula is C6H15N2. The van der Waals surface area contributed by atoms with Crippen LogP contribution in [0.4, 0.5) is 0 Å². The molecule has 8 heavy (non-hydrogen) atoms. The van der Waals surface area contributed by atoms with Crippen molar-refractivity contribution in [2.75, 3.05) is 13.1 Å². The van der Waals surface area contributed by atoms with Crippen molar-refractivity contribution in [3.8, 4) is 0 Å². The SMILES string of the molecule is CC[CH]NCCCN. The topological polar surface area (TPSA) is 38.0 Å². The monoisotopic (exact) mass is 115 g/mol. The van der Waals surface area contributed by atoms with Crippen LogP contribution in [0.25, 0.3) is 0 Å². The Kier molecular flexibility index (Phi) is 6.85. The second-order valence-electron chi connectivity index (χ2n) is 1.71. The van der Waals surface area contributed by atoms with Crippen LogP contribution in [-0.4, -0.2) is 13.1 Å². The Morgan fingerprint density at radius 2 is 2.38 bits per heavy atom. The zero-order valence-electron chi connectivity index (χ0n) is 5.48. The van der Waals surface area contributed by atoms with E-state index < -0.39 is 0 Å². The summed E-state index contributed by atoms with van der Waals surface area (Å²) in [4.78, 5) is 0. The van der Waals surface area contributed by atoms with Crippen LogP contribution in [0.15, 0.2) is 0 Å². The number of hydrogen-bond acceptors (Lipinski definition) is 2. The largest absolute Gasteiger partial charge is 0.330 e. The molecule has 0 fully saturated rings. The van der Waals surface area contributed by atoms with Crippen LogP contribution in [0.1, 0.15) is 19.8 Å². The van der Waals surface area contributed by atoms with Crippen molar-refractivity contribution in [2.24, 2.45) is 5.73 Å². The molecule has 0 aliphatic rings. The molecule has 2 nitrogen and oxygen atoms in total. The molecule has 0 atom stereocenters. The molecule has 0 rings (SSSR count). The van der Waals surface area contributed by atoms with Crippen molar-refractivity contribution in [1.29, 1.82) is 0 Å². The highest BCUT2D eigenvalue weighted by Crippen LogP contribution is 1.77. The van der Waals surface area contributed by atoms with Gasteiger partial charge < -0.3 is 11.1 Å². The van der Waals surface area contributed by atoms with Crippen molar-refractivity contribution >= 4 is 0 Å². The first-order valence-electron chi connectivity index (χ1n) is 3.17. The van der Waals surface area contributed by atoms with E-state index in [1.807, 2.05) is 0 Å². The first-order valence-corrected chi connectivity index (χ1v) is 3.17. The fourth-order valence-corrected chi connectivity index (χ4v) is 0.451. The van der Waals surface area contributed by atoms with Crippen molar-refractivity contribution in [1.82, 2.24) is 5.32 Å². The predicted octanol–water partition coefficient (Wildman–Crippen LogP) is 0.497. The van der Waals surface area contributed by atoms with Crippen LogP contribution in [0, 0.1) is 6.54 Å². The molecule has 2 heteroatoms. The van der Waals surface area contributed by atoms with Gasteiger partial charge in [-0.05, 0) is 25.9 Å².